The van der Waals surface area contributed by atoms with E-state index in [9.17, 15) is 9.59 Å². The smallest absolute Gasteiger partial charge is 0.719 e. The Kier molecular flexibility index (Phi) is 24.6. The summed E-state index contributed by atoms with van der Waals surface area (Å²) in [6.45, 7) is 1.34. The van der Waals surface area contributed by atoms with E-state index in [1.54, 1.807) is 0 Å². The van der Waals surface area contributed by atoms with Gasteiger partial charge in [-0.1, -0.05) is 0 Å². The fraction of sp³-hybridized carbons (Fsp3) is 0.400. The van der Waals surface area contributed by atoms with E-state index in [4.69, 9.17) is 9.90 Å². The summed E-state index contributed by atoms with van der Waals surface area (Å²) in [5.41, 5.74) is 4.29. The molecule has 0 aliphatic heterocycles. The fourth-order valence-electron chi connectivity index (χ4n) is 0.239. The number of nitrogens with two attached hydrogens (primary N) is 1. The van der Waals surface area contributed by atoms with Gasteiger partial charge in [0.15, 0.2) is 0 Å². The summed E-state index contributed by atoms with van der Waals surface area (Å²) in [6, 6.07) is -0.894. The predicted molar refractivity (Wildman–Crippen MR) is 49.9 cm³/mol. The van der Waals surface area contributed by atoms with Crippen LogP contribution in [-0.4, -0.2) is 27.6 Å². The van der Waals surface area contributed by atoms with Gasteiger partial charge in [-0.25, -0.2) is 0 Å². The quantitative estimate of drug-likeness (QED) is 0.340. The topological polar surface area (TPSA) is 109 Å². The number of hydrogen-bond acceptors (Lipinski definition) is 5. The molecule has 0 saturated carbocycles. The van der Waals surface area contributed by atoms with Crippen LogP contribution in [0.3, 0.4) is 0 Å². The number of aliphatic carboxylic acids is 1. The normalized spacial score (nSPS) is 8.87. The molecule has 0 aliphatic carbocycles. The molecule has 0 aliphatic rings. The van der Waals surface area contributed by atoms with Gasteiger partial charge in [-0.05, 0) is 6.92 Å². The van der Waals surface area contributed by atoms with Crippen LogP contribution in [0.4, 0.5) is 9.59 Å². The van der Waals surface area contributed by atoms with Crippen molar-refractivity contribution >= 4 is 41.7 Å². The summed E-state index contributed by atoms with van der Waals surface area (Å²) in [7, 11) is 0. The molecule has 0 rings (SSSR count). The van der Waals surface area contributed by atoms with E-state index < -0.39 is 22.5 Å². The summed E-state index contributed by atoms with van der Waals surface area (Å²) >= 11 is 7.82. The number of rotatable bonds is 2. The molecule has 76 valence electrons. The second-order valence-electron chi connectivity index (χ2n) is 1.81. The van der Waals surface area contributed by atoms with E-state index in [0.29, 0.717) is 0 Å². The molecule has 0 radical (unpaired) electrons. The molecule has 6 nitrogen and oxygen atoms in total. The Balaban J connectivity index is -0.0000000883. The van der Waals surface area contributed by atoms with Crippen molar-refractivity contribution in [1.82, 2.24) is 5.32 Å². The van der Waals surface area contributed by atoms with Crippen LogP contribution >= 0.6 is 0 Å². The summed E-state index contributed by atoms with van der Waals surface area (Å²) in [6.07, 6.45) is 0. The van der Waals surface area contributed by atoms with Gasteiger partial charge in [0.05, 0.1) is 10.5 Å². The van der Waals surface area contributed by atoms with E-state index in [2.05, 4.69) is 31.0 Å². The minimum Gasteiger partial charge on any atom is -0.719 e. The van der Waals surface area contributed by atoms with Crippen molar-refractivity contribution in [3.05, 3.63) is 0 Å². The number of carboxylic acids is 1. The average molecular weight is 270 g/mol. The molecule has 0 fully saturated rings. The first-order valence-electron chi connectivity index (χ1n) is 2.94. The van der Waals surface area contributed by atoms with E-state index in [1.807, 2.05) is 5.32 Å². The van der Waals surface area contributed by atoms with Crippen LogP contribution in [0.15, 0.2) is 0 Å². The number of carbonyl (C=O) groups excluding carboxylic acids is 2. The monoisotopic (exact) mass is 270 g/mol. The Morgan fingerprint density at radius 3 is 1.60 bits per heavy atom. The molecule has 0 saturated heterocycles. The Morgan fingerprint density at radius 2 is 1.53 bits per heavy atom. The van der Waals surface area contributed by atoms with Crippen LogP contribution in [0.5, 0.6) is 0 Å². The van der Waals surface area contributed by atoms with Gasteiger partial charge in [-0.2, -0.15) is 0 Å². The van der Waals surface area contributed by atoms with Gasteiger partial charge in [0, 0.05) is 0 Å². The summed E-state index contributed by atoms with van der Waals surface area (Å²) in [5, 5.41) is 8.69. The number of carboxylic acid groups (broad SMARTS) is 1. The first-order valence-corrected chi connectivity index (χ1v) is 3.75. The average Bonchev–Trinajstić information content (AvgIpc) is 1.83. The van der Waals surface area contributed by atoms with E-state index in [1.165, 1.54) is 6.92 Å². The Hall–Kier alpha value is 0.850. The van der Waals surface area contributed by atoms with Crippen molar-refractivity contribution < 1.29 is 78.6 Å². The third-order valence-corrected chi connectivity index (χ3v) is 0.823. The van der Waals surface area contributed by atoms with Crippen LogP contribution in [0, 0.1) is 0 Å². The van der Waals surface area contributed by atoms with E-state index >= 15 is 0 Å². The van der Waals surface area contributed by atoms with Crippen molar-refractivity contribution in [2.24, 2.45) is 5.73 Å². The molecule has 4 N–H and O–H groups in total. The molecule has 2 amide bonds. The van der Waals surface area contributed by atoms with Gasteiger partial charge >= 0.3 is 65.1 Å². The van der Waals surface area contributed by atoms with Crippen LogP contribution in [0.2, 0.25) is 0 Å². The predicted octanol–water partition coefficient (Wildman–Crippen LogP) is -6.66. The molecule has 0 aromatic carbocycles. The van der Waals surface area contributed by atoms with Crippen molar-refractivity contribution in [2.75, 3.05) is 0 Å². The number of carbonyl (C=O) groups is 3. The zero-order chi connectivity index (χ0) is 11.0. The Morgan fingerprint density at radius 1 is 1.27 bits per heavy atom. The first-order chi connectivity index (χ1) is 5.77. The van der Waals surface area contributed by atoms with Crippen LogP contribution in [0.25, 0.3) is 0 Å². The maximum Gasteiger partial charge on any atom is 1.00 e. The minimum absolute atomic E-state index is 0. The van der Waals surface area contributed by atoms with E-state index in [-0.39, 0.29) is 59.1 Å². The zero-order valence-electron chi connectivity index (χ0n) is 8.64. The molecule has 15 heavy (non-hydrogen) atoms. The summed E-state index contributed by atoms with van der Waals surface area (Å²) in [5.74, 6) is -1.09. The first kappa shape index (κ1) is 24.9. The Bertz CT molecular complexity index is 213. The van der Waals surface area contributed by atoms with Gasteiger partial charge in [-0.3, -0.25) is 4.79 Å². The summed E-state index contributed by atoms with van der Waals surface area (Å²) < 4.78 is 0. The zero-order valence-corrected chi connectivity index (χ0v) is 14.3. The Labute approximate surface area is 143 Å². The van der Waals surface area contributed by atoms with Crippen molar-refractivity contribution in [1.29, 1.82) is 0 Å². The fourth-order valence-corrected chi connectivity index (χ4v) is 0.415. The molecule has 0 spiro atoms. The maximum absolute atomic E-state index is 10.00. The molecule has 0 bridgehead atoms. The van der Waals surface area contributed by atoms with Crippen LogP contribution in [0.1, 0.15) is 6.92 Å². The van der Waals surface area contributed by atoms with Gasteiger partial charge in [-0.15, -0.1) is 0 Å². The number of nitrogens with one attached hydrogen (secondary N) is 1. The molecule has 1 unspecified atom stereocenters. The van der Waals surface area contributed by atoms with Crippen molar-refractivity contribution in [3.8, 4) is 0 Å². The number of primary amides is 1. The number of amides is 2. The molecular weight excluding hydrogens is 262 g/mol. The molecule has 1 atom stereocenters. The number of hydrogen-bond donors (Lipinski definition) is 3. The molecule has 0 aromatic rings. The third-order valence-electron chi connectivity index (χ3n) is 0.705. The molecule has 0 aromatic heterocycles. The van der Waals surface area contributed by atoms with Crippen LogP contribution in [-0.2, 0) is 30.1 Å². The van der Waals surface area contributed by atoms with Crippen LogP contribution < -0.4 is 70.2 Å². The SMILES string of the molecule is CC(NC(=O)[S-])C(=O)O.NC(=O)[S-].[Na+].[Na+]. The second kappa shape index (κ2) is 14.8. The van der Waals surface area contributed by atoms with Crippen molar-refractivity contribution in [2.45, 2.75) is 13.0 Å². The van der Waals surface area contributed by atoms with Gasteiger partial charge in [0.25, 0.3) is 0 Å². The summed E-state index contributed by atoms with van der Waals surface area (Å²) in [4.78, 5) is 29.0. The van der Waals surface area contributed by atoms with Gasteiger partial charge in [0.2, 0.25) is 0 Å². The minimum atomic E-state index is -1.09. The van der Waals surface area contributed by atoms with Gasteiger partial charge in [0.1, 0.15) is 6.04 Å². The molecule has 10 heteroatoms. The van der Waals surface area contributed by atoms with Crippen molar-refractivity contribution in [3.63, 3.8) is 0 Å². The molecule has 0 heterocycles. The third kappa shape index (κ3) is 31.3. The maximum atomic E-state index is 10.00. The van der Waals surface area contributed by atoms with Gasteiger partial charge < -0.3 is 51.0 Å². The second-order valence-corrected chi connectivity index (χ2v) is 2.58. The standard InChI is InChI=1S/C4H7NO3S.CH3NOS.2Na/c1-2(3(6)7)5-4(8)9;2-1(3)4;;/h2H,1H3,(H,6,7)(H2,5,8,9);(H3,2,3,4);;/q;;2*+1/p-2. The molecular formula is C5H8N2Na2O4S2. The van der Waals surface area contributed by atoms with E-state index in [0.717, 1.165) is 0 Å². The largest absolute Gasteiger partial charge is 1.00 e.